The van der Waals surface area contributed by atoms with Crippen LogP contribution in [-0.4, -0.2) is 52.9 Å². The Hall–Kier alpha value is -4.01. The van der Waals surface area contributed by atoms with Crippen LogP contribution in [0, 0.1) is 23.0 Å². The average molecular weight is 479 g/mol. The molecule has 0 amide bonds. The van der Waals surface area contributed by atoms with Crippen LogP contribution in [0.15, 0.2) is 61.3 Å². The summed E-state index contributed by atoms with van der Waals surface area (Å²) in [7, 11) is 0. The second-order valence-corrected chi connectivity index (χ2v) is 8.27. The normalized spacial score (nSPS) is 13.0. The fraction of sp³-hybridized carbons (Fsp3) is 0.292. The molecule has 0 aliphatic rings. The summed E-state index contributed by atoms with van der Waals surface area (Å²) in [5.74, 6) is -1.56. The Morgan fingerprint density at radius 3 is 2.60 bits per heavy atom. The quantitative estimate of drug-likeness (QED) is 0.373. The number of nitrogens with zero attached hydrogens (tertiary/aromatic N) is 8. The minimum Gasteiger partial charge on any atom is -0.382 e. The van der Waals surface area contributed by atoms with Gasteiger partial charge in [-0.3, -0.25) is 4.90 Å². The van der Waals surface area contributed by atoms with E-state index >= 15 is 0 Å². The van der Waals surface area contributed by atoms with Gasteiger partial charge in [-0.2, -0.15) is 10.4 Å². The molecule has 0 saturated carbocycles. The maximum absolute atomic E-state index is 14.7. The first-order valence-corrected chi connectivity index (χ1v) is 11.0. The largest absolute Gasteiger partial charge is 0.382 e. The van der Waals surface area contributed by atoms with Crippen LogP contribution in [0.3, 0.4) is 0 Å². The van der Waals surface area contributed by atoms with Gasteiger partial charge in [0.2, 0.25) is 0 Å². The number of hydrogen-bond donors (Lipinski definition) is 1. The molecule has 1 N–H and O–H groups in total. The van der Waals surface area contributed by atoms with E-state index in [4.69, 9.17) is 5.26 Å². The first-order valence-electron chi connectivity index (χ1n) is 11.0. The molecule has 2 aromatic carbocycles. The standard InChI is InChI=1S/C24H24F2N8O/c1-2-32(12-21-13-33(31-30-21)11-19-5-3-18(10-27)4-6-19)14-24(35,15-34-17-28-16-29-34)22-8-7-20(25)9-23(22)26/h3-9,13,16-17,35H,2,11-12,14-15H2,1H3. The Bertz CT molecular complexity index is 1300. The fourth-order valence-corrected chi connectivity index (χ4v) is 3.91. The van der Waals surface area contributed by atoms with Gasteiger partial charge in [-0.25, -0.2) is 23.1 Å². The molecule has 0 aliphatic heterocycles. The second kappa shape index (κ2) is 10.5. The van der Waals surface area contributed by atoms with Gasteiger partial charge in [0.25, 0.3) is 0 Å². The summed E-state index contributed by atoms with van der Waals surface area (Å²) < 4.78 is 31.3. The summed E-state index contributed by atoms with van der Waals surface area (Å²) in [5.41, 5.74) is 0.491. The van der Waals surface area contributed by atoms with Crippen LogP contribution in [-0.2, 0) is 25.2 Å². The van der Waals surface area contributed by atoms with E-state index in [1.807, 2.05) is 24.0 Å². The molecule has 35 heavy (non-hydrogen) atoms. The number of nitriles is 1. The molecule has 1 unspecified atom stereocenters. The van der Waals surface area contributed by atoms with Crippen LogP contribution in [0.5, 0.6) is 0 Å². The van der Waals surface area contributed by atoms with E-state index in [9.17, 15) is 13.9 Å². The van der Waals surface area contributed by atoms with E-state index in [0.29, 0.717) is 30.9 Å². The van der Waals surface area contributed by atoms with Crippen molar-refractivity contribution < 1.29 is 13.9 Å². The molecule has 0 saturated heterocycles. The first-order chi connectivity index (χ1) is 16.9. The summed E-state index contributed by atoms with van der Waals surface area (Å²) in [6.07, 6.45) is 4.55. The highest BCUT2D eigenvalue weighted by Gasteiger charge is 2.35. The van der Waals surface area contributed by atoms with Crippen molar-refractivity contribution in [2.45, 2.75) is 32.2 Å². The maximum Gasteiger partial charge on any atom is 0.137 e. The molecule has 0 aliphatic carbocycles. The van der Waals surface area contributed by atoms with Crippen LogP contribution < -0.4 is 0 Å². The highest BCUT2D eigenvalue weighted by Crippen LogP contribution is 2.28. The van der Waals surface area contributed by atoms with Crippen LogP contribution in [0.2, 0.25) is 0 Å². The maximum atomic E-state index is 14.7. The highest BCUT2D eigenvalue weighted by atomic mass is 19.1. The lowest BCUT2D eigenvalue weighted by molar-refractivity contribution is -0.0227. The molecule has 4 rings (SSSR count). The van der Waals surface area contributed by atoms with Gasteiger partial charge in [0.1, 0.15) is 29.9 Å². The van der Waals surface area contributed by atoms with Crippen molar-refractivity contribution >= 4 is 0 Å². The van der Waals surface area contributed by atoms with Gasteiger partial charge in [-0.05, 0) is 30.3 Å². The zero-order valence-corrected chi connectivity index (χ0v) is 19.1. The van der Waals surface area contributed by atoms with Gasteiger partial charge in [-0.15, -0.1) is 5.10 Å². The number of halogens is 2. The van der Waals surface area contributed by atoms with Crippen molar-refractivity contribution in [3.05, 3.63) is 95.3 Å². The molecule has 0 fully saturated rings. The third kappa shape index (κ3) is 5.92. The predicted octanol–water partition coefficient (Wildman–Crippen LogP) is 2.48. The molecule has 2 aromatic heterocycles. The summed E-state index contributed by atoms with van der Waals surface area (Å²) in [6.45, 7) is 3.25. The van der Waals surface area contributed by atoms with Crippen molar-refractivity contribution in [3.8, 4) is 6.07 Å². The van der Waals surface area contributed by atoms with E-state index in [2.05, 4.69) is 26.5 Å². The average Bonchev–Trinajstić information content (AvgIpc) is 3.51. The zero-order chi connectivity index (χ0) is 24.8. The number of hydrogen-bond acceptors (Lipinski definition) is 7. The van der Waals surface area contributed by atoms with Gasteiger partial charge in [0, 0.05) is 24.7 Å². The van der Waals surface area contributed by atoms with E-state index < -0.39 is 17.2 Å². The number of aliphatic hydroxyl groups is 1. The van der Waals surface area contributed by atoms with Crippen LogP contribution in [0.4, 0.5) is 8.78 Å². The van der Waals surface area contributed by atoms with Crippen LogP contribution in [0.1, 0.15) is 29.3 Å². The Morgan fingerprint density at radius 1 is 1.14 bits per heavy atom. The Morgan fingerprint density at radius 2 is 1.94 bits per heavy atom. The van der Waals surface area contributed by atoms with Crippen molar-refractivity contribution in [1.82, 2.24) is 34.7 Å². The minimum atomic E-state index is -1.71. The van der Waals surface area contributed by atoms with Gasteiger partial charge in [0.15, 0.2) is 0 Å². The lowest BCUT2D eigenvalue weighted by atomic mass is 9.92. The number of aromatic nitrogens is 6. The lowest BCUT2D eigenvalue weighted by Crippen LogP contribution is -2.44. The molecule has 0 radical (unpaired) electrons. The van der Waals surface area contributed by atoms with E-state index in [1.165, 1.54) is 23.4 Å². The summed E-state index contributed by atoms with van der Waals surface area (Å²) >= 11 is 0. The zero-order valence-electron chi connectivity index (χ0n) is 19.1. The number of benzene rings is 2. The van der Waals surface area contributed by atoms with Crippen molar-refractivity contribution in [2.75, 3.05) is 13.1 Å². The molecule has 11 heteroatoms. The summed E-state index contributed by atoms with van der Waals surface area (Å²) in [4.78, 5) is 5.79. The second-order valence-electron chi connectivity index (χ2n) is 8.27. The minimum absolute atomic E-state index is 0.0303. The number of likely N-dealkylation sites (N-methyl/N-ethyl adjacent to an activating group) is 1. The molecule has 0 spiro atoms. The molecule has 9 nitrogen and oxygen atoms in total. The summed E-state index contributed by atoms with van der Waals surface area (Å²) in [5, 5.41) is 33.0. The Balaban J connectivity index is 1.51. The molecule has 180 valence electrons. The fourth-order valence-electron chi connectivity index (χ4n) is 3.91. The molecular weight excluding hydrogens is 454 g/mol. The van der Waals surface area contributed by atoms with E-state index in [1.54, 1.807) is 23.0 Å². The molecule has 1 atom stereocenters. The molecule has 2 heterocycles. The van der Waals surface area contributed by atoms with Gasteiger partial charge in [0.05, 0.1) is 36.6 Å². The van der Waals surface area contributed by atoms with Gasteiger partial charge < -0.3 is 5.11 Å². The smallest absolute Gasteiger partial charge is 0.137 e. The molecule has 0 bridgehead atoms. The third-order valence-corrected chi connectivity index (χ3v) is 5.65. The van der Waals surface area contributed by atoms with E-state index in [0.717, 1.165) is 17.7 Å². The third-order valence-electron chi connectivity index (χ3n) is 5.65. The Labute approximate surface area is 200 Å². The monoisotopic (exact) mass is 478 g/mol. The topological polar surface area (TPSA) is 109 Å². The van der Waals surface area contributed by atoms with Gasteiger partial charge >= 0.3 is 0 Å². The van der Waals surface area contributed by atoms with Crippen molar-refractivity contribution in [3.63, 3.8) is 0 Å². The molecule has 4 aromatic rings. The molecular formula is C24H24F2N8O. The predicted molar refractivity (Wildman–Crippen MR) is 122 cm³/mol. The van der Waals surface area contributed by atoms with Crippen LogP contribution >= 0.6 is 0 Å². The Kier molecular flexibility index (Phi) is 7.24. The van der Waals surface area contributed by atoms with Crippen molar-refractivity contribution in [2.24, 2.45) is 0 Å². The summed E-state index contributed by atoms with van der Waals surface area (Å²) in [6, 6.07) is 12.4. The lowest BCUT2D eigenvalue weighted by Gasteiger charge is -2.34. The SMILES string of the molecule is CCN(Cc1cn(Cc2ccc(C#N)cc2)nn1)CC(O)(Cn1cncn1)c1ccc(F)cc1F. The highest BCUT2D eigenvalue weighted by molar-refractivity contribution is 5.31. The van der Waals surface area contributed by atoms with Crippen molar-refractivity contribution in [1.29, 1.82) is 5.26 Å². The number of rotatable bonds is 10. The first kappa shape index (κ1) is 24.1. The van der Waals surface area contributed by atoms with Crippen LogP contribution in [0.25, 0.3) is 0 Å². The van der Waals surface area contributed by atoms with Gasteiger partial charge in [-0.1, -0.05) is 30.3 Å². The van der Waals surface area contributed by atoms with E-state index in [-0.39, 0.29) is 18.7 Å².